The van der Waals surface area contributed by atoms with E-state index in [0.717, 1.165) is 16.3 Å². The predicted octanol–water partition coefficient (Wildman–Crippen LogP) is -1.57. The van der Waals surface area contributed by atoms with Crippen LogP contribution in [0.1, 0.15) is 13.8 Å². The fourth-order valence-corrected chi connectivity index (χ4v) is 0. The molecule has 0 aliphatic rings. The van der Waals surface area contributed by atoms with Gasteiger partial charge < -0.3 is 5.11 Å². The van der Waals surface area contributed by atoms with Crippen LogP contribution in [0.15, 0.2) is 0 Å². The van der Waals surface area contributed by atoms with E-state index in [2.05, 4.69) is 0 Å². The van der Waals surface area contributed by atoms with Gasteiger partial charge in [-0.1, -0.05) is 13.8 Å². The van der Waals surface area contributed by atoms with Gasteiger partial charge in [-0.2, -0.15) is 0 Å². The molecule has 3 heteroatoms. The Kier molecular flexibility index (Phi) is 5.63. The van der Waals surface area contributed by atoms with Crippen LogP contribution in [-0.2, 0) is 0 Å². The highest BCUT2D eigenvalue weighted by Gasteiger charge is 1.98. The van der Waals surface area contributed by atoms with Crippen molar-refractivity contribution >= 4 is 39.3 Å². The van der Waals surface area contributed by atoms with Gasteiger partial charge in [-0.3, -0.25) is 0 Å². The van der Waals surface area contributed by atoms with Gasteiger partial charge in [-0.25, -0.2) is 0 Å². The van der Waals surface area contributed by atoms with Crippen LogP contribution in [0, 0.1) is 0 Å². The quantitative estimate of drug-likeness (QED) is 0.377. The molecule has 0 aromatic carbocycles. The van der Waals surface area contributed by atoms with Gasteiger partial charge in [-0.05, 0) is 4.46 Å². The number of hydrogen-bond donors (Lipinski definition) is 1. The fraction of sp³-hybridized carbons (Fsp3) is 1.00. The summed E-state index contributed by atoms with van der Waals surface area (Å²) in [5.41, 5.74) is 0. The maximum atomic E-state index is 8.58. The summed E-state index contributed by atoms with van der Waals surface area (Å²) >= 11 is 0.863. The van der Waals surface area contributed by atoms with Gasteiger partial charge in [0, 0.05) is 0 Å². The van der Waals surface area contributed by atoms with Crippen LogP contribution in [-0.4, -0.2) is 48.9 Å². The second-order valence-corrected chi connectivity index (χ2v) is 4.62. The molecule has 0 aromatic heterocycles. The highest BCUT2D eigenvalue weighted by atomic mass is 27.0. The maximum Gasteiger partial charge on any atom is 0.316 e. The largest absolute Gasteiger partial charge is 0.407 e. The average molecular weight is 114 g/mol. The van der Waals surface area contributed by atoms with Crippen LogP contribution < -0.4 is 0 Å². The first-order valence-electron chi connectivity index (χ1n) is 1.72. The minimum Gasteiger partial charge on any atom is -0.407 e. The van der Waals surface area contributed by atoms with Crippen molar-refractivity contribution in [3.8, 4) is 0 Å². The Balaban J connectivity index is 0. The predicted molar refractivity (Wildman–Crippen MR) is 33.4 cm³/mol. The van der Waals surface area contributed by atoms with E-state index in [4.69, 9.17) is 5.11 Å². The second kappa shape index (κ2) is 3.28. The molecule has 0 bridgehead atoms. The van der Waals surface area contributed by atoms with E-state index in [0.29, 0.717) is 0 Å². The third-order valence-corrected chi connectivity index (χ3v) is 0. The van der Waals surface area contributed by atoms with Crippen molar-refractivity contribution in [2.45, 2.75) is 18.3 Å². The van der Waals surface area contributed by atoms with E-state index in [-0.39, 0.29) is 27.5 Å². The third kappa shape index (κ3) is 60.2. The van der Waals surface area contributed by atoms with Crippen molar-refractivity contribution < 1.29 is 5.11 Å². The molecule has 0 fully saturated rings. The molecule has 0 aromatic rings. The molecule has 0 spiro atoms. The van der Waals surface area contributed by atoms with Gasteiger partial charge >= 0.3 is 23.1 Å². The smallest absolute Gasteiger partial charge is 0.316 e. The summed E-state index contributed by atoms with van der Waals surface area (Å²) in [7, 11) is 0. The standard InChI is InChI=1S/C3H7O.Al.Mg.4H/c1-3(2)4;;;;;;/h4H,1-2H3;;;;;;. The number of rotatable bonds is 0. The molecular formula is C3H11AlMgO. The molecule has 1 nitrogen and oxygen atoms in total. The van der Waals surface area contributed by atoms with E-state index in [1.807, 2.05) is 0 Å². The Labute approximate surface area is 62.7 Å². The van der Waals surface area contributed by atoms with Gasteiger partial charge in [0.25, 0.3) is 16.3 Å². The monoisotopic (exact) mass is 114 g/mol. The summed E-state index contributed by atoms with van der Waals surface area (Å²) in [5.74, 6) is 0. The Morgan fingerprint density at radius 1 is 1.50 bits per heavy atom. The summed E-state index contributed by atoms with van der Waals surface area (Å²) in [5, 5.41) is 8.58. The summed E-state index contributed by atoms with van der Waals surface area (Å²) in [6, 6.07) is 0. The normalized spacial score (nSPS) is 9.83. The molecule has 34 valence electrons. The minimum absolute atomic E-state index is 0. The van der Waals surface area contributed by atoms with Crippen molar-refractivity contribution in [1.29, 1.82) is 0 Å². The van der Waals surface area contributed by atoms with Crippen LogP contribution in [0.5, 0.6) is 0 Å². The fourth-order valence-electron chi connectivity index (χ4n) is 0. The lowest BCUT2D eigenvalue weighted by Crippen LogP contribution is -2.16. The molecular weight excluding hydrogens is 103 g/mol. The molecule has 0 amide bonds. The summed E-state index contributed by atoms with van der Waals surface area (Å²) < 4.78 is -0.361. The zero-order valence-corrected chi connectivity index (χ0v) is 5.95. The molecule has 0 saturated carbocycles. The van der Waals surface area contributed by atoms with Crippen molar-refractivity contribution in [3.05, 3.63) is 0 Å². The zero-order valence-electron chi connectivity index (χ0n) is 3.95. The van der Waals surface area contributed by atoms with Crippen molar-refractivity contribution in [3.63, 3.8) is 0 Å². The van der Waals surface area contributed by atoms with Crippen molar-refractivity contribution in [2.24, 2.45) is 0 Å². The first kappa shape index (κ1) is 10.3. The molecule has 0 aliphatic carbocycles. The Hall–Kier alpha value is 1.26. The Morgan fingerprint density at radius 3 is 1.50 bits per heavy atom. The highest BCUT2D eigenvalue weighted by Crippen LogP contribution is 1.87. The van der Waals surface area contributed by atoms with Gasteiger partial charge in [0.05, 0.1) is 0 Å². The zero-order chi connectivity index (χ0) is 4.50. The van der Waals surface area contributed by atoms with Gasteiger partial charge in [0.15, 0.2) is 0 Å². The summed E-state index contributed by atoms with van der Waals surface area (Å²) in [6.45, 7) is 3.61. The van der Waals surface area contributed by atoms with E-state index >= 15 is 0 Å². The first-order valence-corrected chi connectivity index (χ1v) is 2.72. The first-order chi connectivity index (χ1) is 2.00. The topological polar surface area (TPSA) is 20.2 Å². The minimum atomic E-state index is -0.361. The molecule has 0 rings (SSSR count). The molecule has 0 heterocycles. The van der Waals surface area contributed by atoms with Crippen LogP contribution in [0.4, 0.5) is 0 Å². The van der Waals surface area contributed by atoms with Gasteiger partial charge in [0.2, 0.25) is 0 Å². The SMILES string of the molecule is C[C](C)(O)[AlH2].[MgH2]. The van der Waals surface area contributed by atoms with Crippen LogP contribution in [0.2, 0.25) is 0 Å². The number of hydrogen-bond acceptors (Lipinski definition) is 1. The van der Waals surface area contributed by atoms with Crippen LogP contribution in [0.3, 0.4) is 0 Å². The van der Waals surface area contributed by atoms with Gasteiger partial charge in [0.1, 0.15) is 0 Å². The molecule has 0 saturated heterocycles. The third-order valence-electron chi connectivity index (χ3n) is 0. The number of aliphatic hydroxyl groups is 1. The van der Waals surface area contributed by atoms with E-state index in [9.17, 15) is 0 Å². The lowest BCUT2D eigenvalue weighted by molar-refractivity contribution is 0.170. The second-order valence-electron chi connectivity index (χ2n) is 2.17. The van der Waals surface area contributed by atoms with E-state index in [1.54, 1.807) is 13.8 Å². The van der Waals surface area contributed by atoms with E-state index in [1.165, 1.54) is 0 Å². The molecule has 0 atom stereocenters. The molecule has 6 heavy (non-hydrogen) atoms. The molecule has 0 radical (unpaired) electrons. The Bertz CT molecular complexity index is 26.3. The van der Waals surface area contributed by atoms with Crippen molar-refractivity contribution in [1.82, 2.24) is 0 Å². The van der Waals surface area contributed by atoms with E-state index < -0.39 is 0 Å². The van der Waals surface area contributed by atoms with Crippen LogP contribution in [0.25, 0.3) is 0 Å². The summed E-state index contributed by atoms with van der Waals surface area (Å²) in [4.78, 5) is 0. The molecule has 0 unspecified atom stereocenters. The summed E-state index contributed by atoms with van der Waals surface area (Å²) in [6.07, 6.45) is 0. The Morgan fingerprint density at radius 2 is 1.50 bits per heavy atom. The van der Waals surface area contributed by atoms with Crippen molar-refractivity contribution in [2.75, 3.05) is 0 Å². The lowest BCUT2D eigenvalue weighted by Gasteiger charge is -2.04. The average Bonchev–Trinajstić information content (AvgIpc) is 0.722. The van der Waals surface area contributed by atoms with Gasteiger partial charge in [-0.15, -0.1) is 0 Å². The maximum absolute atomic E-state index is 8.58. The lowest BCUT2D eigenvalue weighted by atomic mass is 10.5. The van der Waals surface area contributed by atoms with Crippen LogP contribution >= 0.6 is 0 Å². The molecule has 1 N–H and O–H groups in total. The highest BCUT2D eigenvalue weighted by molar-refractivity contribution is 6.13. The molecule has 0 aliphatic heterocycles.